The molecule has 1 atom stereocenters. The summed E-state index contributed by atoms with van der Waals surface area (Å²) in [5.74, 6) is 0.848. The van der Waals surface area contributed by atoms with Crippen molar-refractivity contribution in [1.82, 2.24) is 24.6 Å². The zero-order valence-electron chi connectivity index (χ0n) is 13.8. The molecule has 0 aliphatic carbocycles. The number of fused-ring (bicyclic) bond motifs is 1. The van der Waals surface area contributed by atoms with Gasteiger partial charge in [-0.3, -0.25) is 9.58 Å². The molecule has 0 radical (unpaired) electrons. The maximum atomic E-state index is 5.82. The van der Waals surface area contributed by atoms with Crippen molar-refractivity contribution < 1.29 is 4.42 Å². The summed E-state index contributed by atoms with van der Waals surface area (Å²) in [7, 11) is 0. The molecule has 0 N–H and O–H groups in total. The Hall–Kier alpha value is -2.21. The molecule has 1 aromatic carbocycles. The Balaban J connectivity index is 1.33. The smallest absolute Gasteiger partial charge is 0.195 e. The third kappa shape index (κ3) is 3.48. The molecule has 0 bridgehead atoms. The highest BCUT2D eigenvalue weighted by molar-refractivity contribution is 5.72. The maximum Gasteiger partial charge on any atom is 0.195 e. The summed E-state index contributed by atoms with van der Waals surface area (Å²) in [5.41, 5.74) is 1.84. The standard InChI is InChI=1S/C18H23N5O/c1-2-8-17-16(7-1)21-18(24-17)9-5-11-22-10-4-3-6-15(22)12-23-14-19-13-20-23/h1-2,7-8,13-15H,3-6,9-12H2/t15-/m0/s1. The molecule has 24 heavy (non-hydrogen) atoms. The van der Waals surface area contributed by atoms with Crippen LogP contribution in [-0.4, -0.2) is 43.8 Å². The second kappa shape index (κ2) is 7.13. The monoisotopic (exact) mass is 325 g/mol. The van der Waals surface area contributed by atoms with Crippen molar-refractivity contribution in [3.8, 4) is 0 Å². The van der Waals surface area contributed by atoms with Gasteiger partial charge in [0, 0.05) is 12.5 Å². The van der Waals surface area contributed by atoms with Crippen molar-refractivity contribution in [2.75, 3.05) is 13.1 Å². The first-order valence-electron chi connectivity index (χ1n) is 8.79. The molecule has 0 saturated carbocycles. The van der Waals surface area contributed by atoms with Crippen LogP contribution in [0.5, 0.6) is 0 Å². The van der Waals surface area contributed by atoms with E-state index >= 15 is 0 Å². The van der Waals surface area contributed by atoms with Crippen LogP contribution in [0.1, 0.15) is 31.6 Å². The molecule has 0 amide bonds. The van der Waals surface area contributed by atoms with Crippen LogP contribution in [-0.2, 0) is 13.0 Å². The fourth-order valence-electron chi connectivity index (χ4n) is 3.56. The molecule has 3 aromatic rings. The van der Waals surface area contributed by atoms with Gasteiger partial charge in [-0.1, -0.05) is 18.6 Å². The average molecular weight is 325 g/mol. The zero-order valence-corrected chi connectivity index (χ0v) is 13.8. The highest BCUT2D eigenvalue weighted by Gasteiger charge is 2.22. The van der Waals surface area contributed by atoms with Gasteiger partial charge in [0.1, 0.15) is 18.2 Å². The molecule has 0 spiro atoms. The van der Waals surface area contributed by atoms with Crippen molar-refractivity contribution in [2.24, 2.45) is 0 Å². The lowest BCUT2D eigenvalue weighted by Gasteiger charge is -2.35. The van der Waals surface area contributed by atoms with Crippen LogP contribution in [0.15, 0.2) is 41.3 Å². The second-order valence-electron chi connectivity index (χ2n) is 6.48. The van der Waals surface area contributed by atoms with Crippen molar-refractivity contribution in [3.05, 3.63) is 42.8 Å². The number of hydrogen-bond donors (Lipinski definition) is 0. The van der Waals surface area contributed by atoms with Crippen LogP contribution < -0.4 is 0 Å². The highest BCUT2D eigenvalue weighted by Crippen LogP contribution is 2.20. The quantitative estimate of drug-likeness (QED) is 0.697. The number of nitrogens with zero attached hydrogens (tertiary/aromatic N) is 5. The summed E-state index contributed by atoms with van der Waals surface area (Å²) in [6.07, 6.45) is 9.22. The number of aromatic nitrogens is 4. The van der Waals surface area contributed by atoms with Crippen LogP contribution in [0.4, 0.5) is 0 Å². The van der Waals surface area contributed by atoms with Gasteiger partial charge >= 0.3 is 0 Å². The summed E-state index contributed by atoms with van der Waals surface area (Å²) in [5, 5.41) is 4.25. The highest BCUT2D eigenvalue weighted by atomic mass is 16.3. The minimum absolute atomic E-state index is 0.559. The van der Waals surface area contributed by atoms with E-state index in [2.05, 4.69) is 20.0 Å². The Bertz CT molecular complexity index is 734. The second-order valence-corrected chi connectivity index (χ2v) is 6.48. The van der Waals surface area contributed by atoms with Gasteiger partial charge in [-0.25, -0.2) is 9.97 Å². The van der Waals surface area contributed by atoms with Gasteiger partial charge in [-0.05, 0) is 44.5 Å². The lowest BCUT2D eigenvalue weighted by atomic mass is 10.0. The van der Waals surface area contributed by atoms with Crippen molar-refractivity contribution in [1.29, 1.82) is 0 Å². The van der Waals surface area contributed by atoms with Crippen molar-refractivity contribution in [3.63, 3.8) is 0 Å². The van der Waals surface area contributed by atoms with Crippen LogP contribution in [0.25, 0.3) is 11.1 Å². The largest absolute Gasteiger partial charge is 0.441 e. The molecule has 0 unspecified atom stereocenters. The van der Waals surface area contributed by atoms with Gasteiger partial charge in [0.2, 0.25) is 0 Å². The third-order valence-electron chi connectivity index (χ3n) is 4.79. The van der Waals surface area contributed by atoms with Gasteiger partial charge in [0.05, 0.1) is 6.54 Å². The molecule has 1 fully saturated rings. The molecular weight excluding hydrogens is 302 g/mol. The fraction of sp³-hybridized carbons (Fsp3) is 0.500. The summed E-state index contributed by atoms with van der Waals surface area (Å²) in [6.45, 7) is 3.19. The Kier molecular flexibility index (Phi) is 4.55. The number of hydrogen-bond acceptors (Lipinski definition) is 5. The number of oxazole rings is 1. The number of para-hydroxylation sites is 2. The van der Waals surface area contributed by atoms with E-state index in [-0.39, 0.29) is 0 Å². The number of piperidine rings is 1. The fourth-order valence-corrected chi connectivity index (χ4v) is 3.56. The minimum atomic E-state index is 0.559. The first-order valence-corrected chi connectivity index (χ1v) is 8.79. The topological polar surface area (TPSA) is 60.0 Å². The molecule has 2 aromatic heterocycles. The maximum absolute atomic E-state index is 5.82. The first-order chi connectivity index (χ1) is 11.9. The molecule has 1 saturated heterocycles. The van der Waals surface area contributed by atoms with Gasteiger partial charge < -0.3 is 4.42 Å². The molecule has 4 rings (SSSR count). The Morgan fingerprint density at radius 2 is 2.17 bits per heavy atom. The summed E-state index contributed by atoms with van der Waals surface area (Å²) in [4.78, 5) is 11.2. The molecular formula is C18H23N5O. The van der Waals surface area contributed by atoms with E-state index < -0.39 is 0 Å². The van der Waals surface area contributed by atoms with E-state index in [9.17, 15) is 0 Å². The van der Waals surface area contributed by atoms with Crippen LogP contribution >= 0.6 is 0 Å². The van der Waals surface area contributed by atoms with E-state index in [1.54, 1.807) is 6.33 Å². The lowest BCUT2D eigenvalue weighted by molar-refractivity contribution is 0.127. The molecule has 6 nitrogen and oxygen atoms in total. The Morgan fingerprint density at radius 3 is 3.04 bits per heavy atom. The first kappa shape index (κ1) is 15.3. The Labute approximate surface area is 141 Å². The SMILES string of the molecule is c1ccc2oc(CCCN3CCCC[C@H]3Cn3cncn3)nc2c1. The van der Waals surface area contributed by atoms with E-state index in [0.717, 1.165) is 42.9 Å². The molecule has 126 valence electrons. The van der Waals surface area contributed by atoms with Crippen molar-refractivity contribution >= 4 is 11.1 Å². The minimum Gasteiger partial charge on any atom is -0.441 e. The summed E-state index contributed by atoms with van der Waals surface area (Å²) in [6, 6.07) is 8.52. The molecule has 1 aliphatic heterocycles. The summed E-state index contributed by atoms with van der Waals surface area (Å²) >= 11 is 0. The lowest BCUT2D eigenvalue weighted by Crippen LogP contribution is -2.42. The zero-order chi connectivity index (χ0) is 16.2. The summed E-state index contributed by atoms with van der Waals surface area (Å²) < 4.78 is 7.77. The van der Waals surface area contributed by atoms with Gasteiger partial charge in [0.15, 0.2) is 11.5 Å². The third-order valence-corrected chi connectivity index (χ3v) is 4.79. The van der Waals surface area contributed by atoms with E-state index in [1.807, 2.05) is 35.3 Å². The van der Waals surface area contributed by atoms with Crippen LogP contribution in [0.2, 0.25) is 0 Å². The Morgan fingerprint density at radius 1 is 1.21 bits per heavy atom. The van der Waals surface area contributed by atoms with Gasteiger partial charge in [0.25, 0.3) is 0 Å². The predicted octanol–water partition coefficient (Wildman–Crippen LogP) is 2.91. The van der Waals surface area contributed by atoms with E-state index in [0.29, 0.717) is 6.04 Å². The number of likely N-dealkylation sites (tertiary alicyclic amines) is 1. The number of aryl methyl sites for hydroxylation is 1. The number of rotatable bonds is 6. The van der Waals surface area contributed by atoms with Gasteiger partial charge in [-0.15, -0.1) is 0 Å². The van der Waals surface area contributed by atoms with Crippen LogP contribution in [0.3, 0.4) is 0 Å². The molecule has 1 aliphatic rings. The molecule has 6 heteroatoms. The van der Waals surface area contributed by atoms with E-state index in [4.69, 9.17) is 4.42 Å². The predicted molar refractivity (Wildman–Crippen MR) is 91.6 cm³/mol. The molecule has 3 heterocycles. The normalized spacial score (nSPS) is 19.1. The van der Waals surface area contributed by atoms with Crippen molar-refractivity contribution in [2.45, 2.75) is 44.7 Å². The number of benzene rings is 1. The van der Waals surface area contributed by atoms with Gasteiger partial charge in [-0.2, -0.15) is 5.10 Å². The average Bonchev–Trinajstić information content (AvgIpc) is 3.25. The van der Waals surface area contributed by atoms with E-state index in [1.165, 1.54) is 25.8 Å². The van der Waals surface area contributed by atoms with Crippen LogP contribution in [0, 0.1) is 0 Å².